The Morgan fingerprint density at radius 1 is 0.223 bits per heavy atom. The van der Waals surface area contributed by atoms with E-state index in [4.69, 9.17) is 24.0 Å². The summed E-state index contributed by atoms with van der Waals surface area (Å²) in [5, 5.41) is 0. The van der Waals surface area contributed by atoms with Crippen LogP contribution in [0.15, 0.2) is 286 Å². The normalized spacial score (nSPS) is 15.0. The molecule has 8 heteroatoms. The third-order valence-electron chi connectivity index (χ3n) is 25.8. The highest BCUT2D eigenvalue weighted by Crippen LogP contribution is 2.57. The van der Waals surface area contributed by atoms with Crippen LogP contribution in [0.5, 0.6) is 0 Å². The first-order chi connectivity index (χ1) is 59.1. The first-order valence-corrected chi connectivity index (χ1v) is 42.4. The fourth-order valence-electron chi connectivity index (χ4n) is 19.7. The molecule has 0 N–H and O–H groups in total. The minimum Gasteiger partial charge on any atom is -0.257 e. The fourth-order valence-corrected chi connectivity index (χ4v) is 19.7. The number of nitrogens with zero attached hydrogens (tertiary/aromatic N) is 8. The van der Waals surface area contributed by atoms with Crippen molar-refractivity contribution in [3.05, 3.63) is 381 Å². The number of hydrogen-bond donors (Lipinski definition) is 0. The summed E-state index contributed by atoms with van der Waals surface area (Å²) in [6.45, 7) is 32.4. The van der Waals surface area contributed by atoms with Gasteiger partial charge in [-0.15, -0.1) is 0 Å². The molecule has 16 aromatic rings. The molecule has 0 amide bonds. The Hall–Kier alpha value is -13.0. The van der Waals surface area contributed by atoms with Crippen LogP contribution in [-0.4, -0.2) is 19.9 Å². The van der Waals surface area contributed by atoms with Crippen molar-refractivity contribution in [2.24, 2.45) is 28.2 Å². The van der Waals surface area contributed by atoms with Gasteiger partial charge < -0.3 is 0 Å². The average Bonchev–Trinajstić information content (AvgIpc) is 1.55. The van der Waals surface area contributed by atoms with E-state index in [0.717, 1.165) is 67.4 Å². The quantitative estimate of drug-likeness (QED) is 0.142. The summed E-state index contributed by atoms with van der Waals surface area (Å²) >= 11 is 0. The second kappa shape index (κ2) is 31.0. The van der Waals surface area contributed by atoms with Crippen molar-refractivity contribution in [2.75, 3.05) is 0 Å². The SMILES string of the molecule is Cc1ccc(-c2ccc(-c3c(C)ccc4c3C(C)(C)c3nc(C)ccc3-4)[n+](C)c2)cc1.Cc1ccc2c(n1)C(C)(C)c1c-2ccc(C)c1-c1ccc(-c2ccccc2)c[n+]1C.Cc1ccc2c(n1)C(C)(C)c1c-2ccc(C)c1-c1ccc(-c2ccccc2)c[n+]1C.[2H]C([2H])([2H])C1(C)c2nc(C)ccc2-c2ccc(C)c(-c3ccc(-c4ccccc4)c[n+]3C)c21. The molecule has 598 valence electrons. The molecule has 8 nitrogen and oxygen atoms in total. The van der Waals surface area contributed by atoms with Crippen LogP contribution in [0.2, 0.25) is 0 Å². The van der Waals surface area contributed by atoms with E-state index in [1.165, 1.54) is 157 Å². The molecule has 121 heavy (non-hydrogen) atoms. The highest BCUT2D eigenvalue weighted by atomic mass is 14.9. The van der Waals surface area contributed by atoms with E-state index in [2.05, 4.69) is 392 Å². The molecule has 0 fully saturated rings. The fraction of sp³-hybridized carbons (Fsp3) is 0.221. The van der Waals surface area contributed by atoms with Gasteiger partial charge in [0, 0.05) is 117 Å². The van der Waals surface area contributed by atoms with Crippen molar-refractivity contribution < 1.29 is 22.4 Å². The standard InChI is InChI=1S/C29H29N2.3C28H27N2/c1-18-7-11-21(12-8-18)22-13-16-25(31(6)17-22)26-19(2)9-14-23-24-15-10-20(3)30-28(24)29(4,5)27(23)26;3*1-18-11-14-22-23-15-12-19(2)29-27(23)28(3,4)26(22)25(18)24-16-13-21(17-30(24)5)20-9-7-6-8-10-20/h7-17H,1-6H3;3*6-17H,1-5H3/q4*+1/i;3D3;;. The van der Waals surface area contributed by atoms with Gasteiger partial charge in [0.05, 0.1) is 45.0 Å². The van der Waals surface area contributed by atoms with Crippen LogP contribution in [0.25, 0.3) is 134 Å². The van der Waals surface area contributed by atoms with Gasteiger partial charge in [-0.2, -0.15) is 0 Å². The number of benzene rings is 8. The van der Waals surface area contributed by atoms with Crippen LogP contribution in [-0.2, 0) is 49.9 Å². The molecule has 4 aliphatic rings. The lowest BCUT2D eigenvalue weighted by molar-refractivity contribution is -0.660. The topological polar surface area (TPSA) is 67.1 Å². The number of aromatic nitrogens is 8. The molecule has 0 bridgehead atoms. The average molecular weight is 1580 g/mol. The number of rotatable bonds is 8. The molecule has 0 aliphatic heterocycles. The Morgan fingerprint density at radius 2 is 0.438 bits per heavy atom. The van der Waals surface area contributed by atoms with Gasteiger partial charge in [0.25, 0.3) is 0 Å². The molecular weight excluding hydrogens is 1470 g/mol. The first kappa shape index (κ1) is 76.6. The Balaban J connectivity index is 0.000000117. The molecule has 0 radical (unpaired) electrons. The molecule has 8 heterocycles. The van der Waals surface area contributed by atoms with Crippen molar-refractivity contribution >= 4 is 0 Å². The van der Waals surface area contributed by atoms with Gasteiger partial charge in [0.2, 0.25) is 22.8 Å². The Labute approximate surface area is 720 Å². The molecule has 0 saturated heterocycles. The molecular formula is C113H110N8+4. The van der Waals surface area contributed by atoms with Gasteiger partial charge in [-0.1, -0.05) is 249 Å². The van der Waals surface area contributed by atoms with Gasteiger partial charge in [0.1, 0.15) is 28.2 Å². The maximum absolute atomic E-state index is 8.57. The van der Waals surface area contributed by atoms with E-state index in [1.807, 2.05) is 51.2 Å². The van der Waals surface area contributed by atoms with Gasteiger partial charge >= 0.3 is 0 Å². The second-order valence-electron chi connectivity index (χ2n) is 35.7. The summed E-state index contributed by atoms with van der Waals surface area (Å²) in [6, 6.07) is 92.7. The van der Waals surface area contributed by atoms with Crippen molar-refractivity contribution in [3.8, 4) is 134 Å². The van der Waals surface area contributed by atoms with Crippen LogP contribution in [0.3, 0.4) is 0 Å². The van der Waals surface area contributed by atoms with E-state index in [9.17, 15) is 0 Å². The lowest BCUT2D eigenvalue weighted by Crippen LogP contribution is -2.32. The van der Waals surface area contributed by atoms with E-state index >= 15 is 0 Å². The molecule has 4 aliphatic carbocycles. The van der Waals surface area contributed by atoms with Crippen LogP contribution >= 0.6 is 0 Å². The van der Waals surface area contributed by atoms with Crippen LogP contribution in [0, 0.1) is 62.3 Å². The highest BCUT2D eigenvalue weighted by Gasteiger charge is 2.46. The minimum absolute atomic E-state index is 0.136. The van der Waals surface area contributed by atoms with Crippen molar-refractivity contribution in [1.82, 2.24) is 19.9 Å². The lowest BCUT2D eigenvalue weighted by atomic mass is 9.80. The molecule has 20 rings (SSSR count). The third-order valence-corrected chi connectivity index (χ3v) is 25.8. The molecule has 8 aromatic carbocycles. The Morgan fingerprint density at radius 3 is 0.678 bits per heavy atom. The minimum atomic E-state index is -2.25. The van der Waals surface area contributed by atoms with Crippen LogP contribution in [0.4, 0.5) is 0 Å². The summed E-state index contributed by atoms with van der Waals surface area (Å²) in [5.74, 6) is 0. The molecule has 0 spiro atoms. The molecule has 0 saturated carbocycles. The van der Waals surface area contributed by atoms with E-state index in [0.29, 0.717) is 5.69 Å². The Kier molecular flexibility index (Phi) is 19.6. The summed E-state index contributed by atoms with van der Waals surface area (Å²) in [5.41, 5.74) is 46.9. The van der Waals surface area contributed by atoms with E-state index < -0.39 is 12.3 Å². The van der Waals surface area contributed by atoms with Gasteiger partial charge in [0.15, 0.2) is 24.8 Å². The predicted molar refractivity (Wildman–Crippen MR) is 498 cm³/mol. The largest absolute Gasteiger partial charge is 0.257 e. The van der Waals surface area contributed by atoms with Crippen LogP contribution in [0.1, 0.15) is 155 Å². The van der Waals surface area contributed by atoms with Gasteiger partial charge in [-0.25, -0.2) is 18.3 Å². The number of pyridine rings is 8. The lowest BCUT2D eigenvalue weighted by Gasteiger charge is -2.24. The summed E-state index contributed by atoms with van der Waals surface area (Å²) in [7, 11) is 8.48. The maximum Gasteiger partial charge on any atom is 0.212 e. The number of fused-ring (bicyclic) bond motifs is 12. The summed E-state index contributed by atoms with van der Waals surface area (Å²) < 4.78 is 34.6. The molecule has 1 unspecified atom stereocenters. The predicted octanol–water partition coefficient (Wildman–Crippen LogP) is 25.0. The van der Waals surface area contributed by atoms with E-state index in [1.54, 1.807) is 0 Å². The van der Waals surface area contributed by atoms with Crippen molar-refractivity contribution in [2.45, 2.75) is 139 Å². The van der Waals surface area contributed by atoms with E-state index in [-0.39, 0.29) is 16.2 Å². The highest BCUT2D eigenvalue weighted by molar-refractivity contribution is 5.92. The summed E-state index contributed by atoms with van der Waals surface area (Å²) in [6.07, 6.45) is 8.83. The second-order valence-corrected chi connectivity index (χ2v) is 35.7. The molecule has 1 atom stereocenters. The smallest absolute Gasteiger partial charge is 0.212 e. The zero-order chi connectivity index (χ0) is 87.5. The first-order valence-electron chi connectivity index (χ1n) is 43.9. The zero-order valence-electron chi connectivity index (χ0n) is 76.7. The Bertz CT molecular complexity index is 6760. The monoisotopic (exact) mass is 1580 g/mol. The molecule has 8 aromatic heterocycles. The van der Waals surface area contributed by atoms with Gasteiger partial charge in [-0.3, -0.25) is 19.9 Å². The van der Waals surface area contributed by atoms with Gasteiger partial charge in [-0.05, 0) is 200 Å². The number of hydrogen-bond acceptors (Lipinski definition) is 4. The summed E-state index contributed by atoms with van der Waals surface area (Å²) in [4.78, 5) is 19.6. The maximum atomic E-state index is 8.57. The number of aryl methyl sites for hydroxylation is 13. The third kappa shape index (κ3) is 14.1. The zero-order valence-corrected chi connectivity index (χ0v) is 73.7. The van der Waals surface area contributed by atoms with Crippen molar-refractivity contribution in [3.63, 3.8) is 0 Å². The van der Waals surface area contributed by atoms with Crippen molar-refractivity contribution in [1.29, 1.82) is 0 Å². The van der Waals surface area contributed by atoms with Crippen LogP contribution < -0.4 is 18.3 Å².